The van der Waals surface area contributed by atoms with Crippen LogP contribution in [0.2, 0.25) is 0 Å². The Balaban J connectivity index is 2.36. The highest BCUT2D eigenvalue weighted by molar-refractivity contribution is 5.58. The maximum Gasteiger partial charge on any atom is 0.419 e. The van der Waals surface area contributed by atoms with E-state index in [4.69, 9.17) is 0 Å². The molecule has 0 aliphatic rings. The standard InChI is InChI=1S/C13H10F4N2/c1-8-5-6-18-11(7-8)19-10-4-2-3-9(12(10)14)13(15,16)17/h2-7H,1H3,(H,18,19). The summed E-state index contributed by atoms with van der Waals surface area (Å²) in [5, 5.41) is 2.54. The number of hydrogen-bond acceptors (Lipinski definition) is 2. The molecule has 1 N–H and O–H groups in total. The number of alkyl halides is 3. The maximum absolute atomic E-state index is 13.7. The fourth-order valence-corrected chi connectivity index (χ4v) is 1.59. The van der Waals surface area contributed by atoms with Crippen molar-refractivity contribution in [2.45, 2.75) is 13.1 Å². The second-order valence-corrected chi connectivity index (χ2v) is 4.01. The lowest BCUT2D eigenvalue weighted by molar-refractivity contribution is -0.139. The van der Waals surface area contributed by atoms with Gasteiger partial charge in [-0.15, -0.1) is 0 Å². The zero-order chi connectivity index (χ0) is 14.0. The number of nitrogens with zero attached hydrogens (tertiary/aromatic N) is 1. The minimum Gasteiger partial charge on any atom is -0.338 e. The van der Waals surface area contributed by atoms with Crippen molar-refractivity contribution in [3.63, 3.8) is 0 Å². The molecule has 0 spiro atoms. The van der Waals surface area contributed by atoms with Crippen molar-refractivity contribution in [3.05, 3.63) is 53.5 Å². The van der Waals surface area contributed by atoms with Crippen molar-refractivity contribution >= 4 is 11.5 Å². The van der Waals surface area contributed by atoms with E-state index >= 15 is 0 Å². The lowest BCUT2D eigenvalue weighted by Gasteiger charge is -2.12. The first-order valence-corrected chi connectivity index (χ1v) is 5.43. The molecule has 6 heteroatoms. The average molecular weight is 270 g/mol. The fraction of sp³-hybridized carbons (Fsp3) is 0.154. The molecular formula is C13H10F4N2. The summed E-state index contributed by atoms with van der Waals surface area (Å²) in [6, 6.07) is 6.41. The highest BCUT2D eigenvalue weighted by atomic mass is 19.4. The van der Waals surface area contributed by atoms with Gasteiger partial charge in [-0.2, -0.15) is 13.2 Å². The van der Waals surface area contributed by atoms with Gasteiger partial charge in [-0.3, -0.25) is 0 Å². The highest BCUT2D eigenvalue weighted by Gasteiger charge is 2.34. The van der Waals surface area contributed by atoms with Gasteiger partial charge in [0.15, 0.2) is 5.82 Å². The summed E-state index contributed by atoms with van der Waals surface area (Å²) in [7, 11) is 0. The first-order chi connectivity index (χ1) is 8.88. The molecule has 0 unspecified atom stereocenters. The molecule has 1 aromatic carbocycles. The van der Waals surface area contributed by atoms with E-state index in [0.717, 1.165) is 11.6 Å². The van der Waals surface area contributed by atoms with Crippen molar-refractivity contribution in [1.29, 1.82) is 0 Å². The zero-order valence-electron chi connectivity index (χ0n) is 9.92. The van der Waals surface area contributed by atoms with Crippen LogP contribution < -0.4 is 5.32 Å². The Kier molecular flexibility index (Phi) is 3.42. The van der Waals surface area contributed by atoms with Crippen LogP contribution in [0.1, 0.15) is 11.1 Å². The second-order valence-electron chi connectivity index (χ2n) is 4.01. The van der Waals surface area contributed by atoms with Crippen LogP contribution >= 0.6 is 0 Å². The highest BCUT2D eigenvalue weighted by Crippen LogP contribution is 2.34. The predicted octanol–water partition coefficient (Wildman–Crippen LogP) is 4.29. The molecule has 2 rings (SSSR count). The van der Waals surface area contributed by atoms with Crippen LogP contribution in [0.25, 0.3) is 0 Å². The number of rotatable bonds is 2. The first kappa shape index (κ1) is 13.3. The summed E-state index contributed by atoms with van der Waals surface area (Å²) in [6.07, 6.45) is -3.23. The van der Waals surface area contributed by atoms with Crippen LogP contribution in [0.3, 0.4) is 0 Å². The molecule has 0 radical (unpaired) electrons. The lowest BCUT2D eigenvalue weighted by atomic mass is 10.1. The summed E-state index contributed by atoms with van der Waals surface area (Å²) in [5.74, 6) is -1.04. The molecule has 0 saturated carbocycles. The monoisotopic (exact) mass is 270 g/mol. The Morgan fingerprint density at radius 2 is 1.89 bits per heavy atom. The van der Waals surface area contributed by atoms with E-state index in [1.807, 2.05) is 0 Å². The van der Waals surface area contributed by atoms with Crippen molar-refractivity contribution < 1.29 is 17.6 Å². The molecule has 0 atom stereocenters. The Hall–Kier alpha value is -2.11. The van der Waals surface area contributed by atoms with Gasteiger partial charge >= 0.3 is 6.18 Å². The number of nitrogens with one attached hydrogen (secondary N) is 1. The van der Waals surface area contributed by atoms with Gasteiger partial charge in [0, 0.05) is 6.20 Å². The lowest BCUT2D eigenvalue weighted by Crippen LogP contribution is -2.09. The number of aryl methyl sites for hydroxylation is 1. The van der Waals surface area contributed by atoms with Crippen LogP contribution in [-0.2, 0) is 6.18 Å². The zero-order valence-corrected chi connectivity index (χ0v) is 9.92. The molecule has 2 nitrogen and oxygen atoms in total. The van der Waals surface area contributed by atoms with Crippen molar-refractivity contribution in [2.24, 2.45) is 0 Å². The molecule has 0 aliphatic heterocycles. The third-order valence-corrected chi connectivity index (χ3v) is 2.48. The summed E-state index contributed by atoms with van der Waals surface area (Å²) < 4.78 is 51.4. The molecule has 19 heavy (non-hydrogen) atoms. The van der Waals surface area contributed by atoms with Crippen molar-refractivity contribution in [1.82, 2.24) is 4.98 Å². The van der Waals surface area contributed by atoms with Crippen molar-refractivity contribution in [3.8, 4) is 0 Å². The van der Waals surface area contributed by atoms with Gasteiger partial charge in [0.2, 0.25) is 0 Å². The molecule has 0 aliphatic carbocycles. The van der Waals surface area contributed by atoms with Crippen LogP contribution in [0, 0.1) is 12.7 Å². The van der Waals surface area contributed by atoms with E-state index in [9.17, 15) is 17.6 Å². The van der Waals surface area contributed by atoms with Crippen molar-refractivity contribution in [2.75, 3.05) is 5.32 Å². The van der Waals surface area contributed by atoms with Gasteiger partial charge in [-0.1, -0.05) is 6.07 Å². The molecule has 2 aromatic rings. The fourth-order valence-electron chi connectivity index (χ4n) is 1.59. The smallest absolute Gasteiger partial charge is 0.338 e. The van der Waals surface area contributed by atoms with E-state index in [0.29, 0.717) is 11.9 Å². The predicted molar refractivity (Wildman–Crippen MR) is 63.7 cm³/mol. The Morgan fingerprint density at radius 3 is 2.53 bits per heavy atom. The first-order valence-electron chi connectivity index (χ1n) is 5.43. The third kappa shape index (κ3) is 3.01. The molecule has 0 bridgehead atoms. The van der Waals surface area contributed by atoms with Crippen LogP contribution in [-0.4, -0.2) is 4.98 Å². The van der Waals surface area contributed by atoms with E-state index < -0.39 is 17.6 Å². The topological polar surface area (TPSA) is 24.9 Å². The van der Waals surface area contributed by atoms with E-state index in [-0.39, 0.29) is 5.69 Å². The Bertz CT molecular complexity index is 593. The second kappa shape index (κ2) is 4.87. The Labute approximate surface area is 107 Å². The van der Waals surface area contributed by atoms with Gasteiger partial charge in [0.05, 0.1) is 11.3 Å². The number of anilines is 2. The summed E-state index contributed by atoms with van der Waals surface area (Å²) in [4.78, 5) is 3.91. The number of benzene rings is 1. The van der Waals surface area contributed by atoms with Gasteiger partial charge in [0.25, 0.3) is 0 Å². The molecule has 100 valence electrons. The minimum atomic E-state index is -4.72. The number of pyridine rings is 1. The van der Waals surface area contributed by atoms with Gasteiger partial charge < -0.3 is 5.32 Å². The molecular weight excluding hydrogens is 260 g/mol. The van der Waals surface area contributed by atoms with E-state index in [2.05, 4.69) is 10.3 Å². The van der Waals surface area contributed by atoms with Gasteiger partial charge in [-0.05, 0) is 36.8 Å². The van der Waals surface area contributed by atoms with Crippen LogP contribution in [0.15, 0.2) is 36.5 Å². The average Bonchev–Trinajstić information content (AvgIpc) is 2.30. The molecule has 0 saturated heterocycles. The molecule has 1 heterocycles. The summed E-state index contributed by atoms with van der Waals surface area (Å²) in [5.41, 5.74) is -0.692. The largest absolute Gasteiger partial charge is 0.419 e. The van der Waals surface area contributed by atoms with E-state index in [1.165, 1.54) is 12.3 Å². The SMILES string of the molecule is Cc1ccnc(Nc2cccc(C(F)(F)F)c2F)c1. The van der Waals surface area contributed by atoms with E-state index in [1.54, 1.807) is 19.1 Å². The molecule has 0 fully saturated rings. The number of hydrogen-bond donors (Lipinski definition) is 1. The Morgan fingerprint density at radius 1 is 1.16 bits per heavy atom. The normalized spacial score (nSPS) is 11.4. The van der Waals surface area contributed by atoms with Gasteiger partial charge in [-0.25, -0.2) is 9.37 Å². The minimum absolute atomic E-state index is 0.257. The quantitative estimate of drug-likeness (QED) is 0.823. The molecule has 1 aromatic heterocycles. The number of aromatic nitrogens is 1. The summed E-state index contributed by atoms with van der Waals surface area (Å²) >= 11 is 0. The maximum atomic E-state index is 13.7. The molecule has 0 amide bonds. The number of halogens is 4. The van der Waals surface area contributed by atoms with Crippen LogP contribution in [0.4, 0.5) is 29.1 Å². The summed E-state index contributed by atoms with van der Waals surface area (Å²) in [6.45, 7) is 1.80. The van der Waals surface area contributed by atoms with Crippen LogP contribution in [0.5, 0.6) is 0 Å². The third-order valence-electron chi connectivity index (χ3n) is 2.48. The van der Waals surface area contributed by atoms with Gasteiger partial charge in [0.1, 0.15) is 5.82 Å².